The highest BCUT2D eigenvalue weighted by molar-refractivity contribution is 9.08. The van der Waals surface area contributed by atoms with Crippen LogP contribution in [0.5, 0.6) is 5.75 Å². The third kappa shape index (κ3) is 2.95. The van der Waals surface area contributed by atoms with E-state index in [1.54, 1.807) is 0 Å². The van der Waals surface area contributed by atoms with Crippen LogP contribution in [0.3, 0.4) is 0 Å². The summed E-state index contributed by atoms with van der Waals surface area (Å²) in [5.41, 5.74) is 2.66. The molecule has 0 aliphatic rings. The summed E-state index contributed by atoms with van der Waals surface area (Å²) in [5, 5.41) is 10.3. The molecule has 1 aromatic heterocycles. The number of alkyl halides is 1. The zero-order valence-electron chi connectivity index (χ0n) is 7.67. The lowest BCUT2D eigenvalue weighted by atomic mass is 10.1. The van der Waals surface area contributed by atoms with Crippen molar-refractivity contribution in [1.82, 2.24) is 4.98 Å². The number of halogens is 2. The standard InChI is InChI=1S/C9H12BrNO.BrH/c1-3-8-9(12)7(5-10)4-6(2)11-8;/h4,12H,3,5H2,1-2H3;1H. The fourth-order valence-corrected chi connectivity index (χ4v) is 1.58. The summed E-state index contributed by atoms with van der Waals surface area (Å²) in [7, 11) is 0. The number of aryl methyl sites for hydroxylation is 2. The SMILES string of the molecule is Br.CCc1nc(C)cc(CBr)c1O. The minimum absolute atomic E-state index is 0. The van der Waals surface area contributed by atoms with Gasteiger partial charge < -0.3 is 5.11 Å². The van der Waals surface area contributed by atoms with Gasteiger partial charge in [0.25, 0.3) is 0 Å². The summed E-state index contributed by atoms with van der Waals surface area (Å²) in [5.74, 6) is 0.333. The second-order valence-corrected chi connectivity index (χ2v) is 3.27. The van der Waals surface area contributed by atoms with E-state index in [-0.39, 0.29) is 17.0 Å². The molecule has 0 aliphatic heterocycles. The van der Waals surface area contributed by atoms with Crippen molar-refractivity contribution >= 4 is 32.9 Å². The number of aromatic nitrogens is 1. The van der Waals surface area contributed by atoms with Crippen LogP contribution in [0.4, 0.5) is 0 Å². The average Bonchev–Trinajstić information content (AvgIpc) is 2.08. The number of hydrogen-bond acceptors (Lipinski definition) is 2. The van der Waals surface area contributed by atoms with E-state index in [1.807, 2.05) is 19.9 Å². The molecule has 0 amide bonds. The number of pyridine rings is 1. The summed E-state index contributed by atoms with van der Waals surface area (Å²) in [6.45, 7) is 3.92. The van der Waals surface area contributed by atoms with E-state index in [9.17, 15) is 5.11 Å². The van der Waals surface area contributed by atoms with Crippen molar-refractivity contribution in [1.29, 1.82) is 0 Å². The fourth-order valence-electron chi connectivity index (χ4n) is 1.15. The van der Waals surface area contributed by atoms with Crippen LogP contribution in [0.2, 0.25) is 0 Å². The molecule has 0 unspecified atom stereocenters. The van der Waals surface area contributed by atoms with E-state index < -0.39 is 0 Å². The van der Waals surface area contributed by atoms with Crippen LogP contribution in [0.1, 0.15) is 23.9 Å². The molecule has 0 aliphatic carbocycles. The molecule has 0 atom stereocenters. The fraction of sp³-hybridized carbons (Fsp3) is 0.444. The van der Waals surface area contributed by atoms with E-state index in [1.165, 1.54) is 0 Å². The normalized spacial score (nSPS) is 9.46. The number of hydrogen-bond donors (Lipinski definition) is 1. The first kappa shape index (κ1) is 12.9. The average molecular weight is 311 g/mol. The van der Waals surface area contributed by atoms with Gasteiger partial charge in [0.2, 0.25) is 0 Å². The summed E-state index contributed by atoms with van der Waals surface area (Å²) < 4.78 is 0. The van der Waals surface area contributed by atoms with Crippen LogP contribution in [0.25, 0.3) is 0 Å². The van der Waals surface area contributed by atoms with E-state index in [0.29, 0.717) is 11.1 Å². The number of nitrogens with zero attached hydrogens (tertiary/aromatic N) is 1. The van der Waals surface area contributed by atoms with Gasteiger partial charge in [0.15, 0.2) is 0 Å². The van der Waals surface area contributed by atoms with Gasteiger partial charge in [-0.2, -0.15) is 0 Å². The molecular formula is C9H13Br2NO. The highest BCUT2D eigenvalue weighted by Crippen LogP contribution is 2.24. The van der Waals surface area contributed by atoms with Crippen molar-refractivity contribution in [2.24, 2.45) is 0 Å². The van der Waals surface area contributed by atoms with Crippen molar-refractivity contribution in [3.63, 3.8) is 0 Å². The lowest BCUT2D eigenvalue weighted by molar-refractivity contribution is 0.459. The van der Waals surface area contributed by atoms with E-state index in [0.717, 1.165) is 23.4 Å². The first-order valence-electron chi connectivity index (χ1n) is 3.93. The molecule has 1 N–H and O–H groups in total. The Labute approximate surface area is 97.3 Å². The zero-order chi connectivity index (χ0) is 9.14. The molecule has 0 spiro atoms. The maximum Gasteiger partial charge on any atom is 0.141 e. The van der Waals surface area contributed by atoms with Gasteiger partial charge >= 0.3 is 0 Å². The van der Waals surface area contributed by atoms with Crippen LogP contribution in [-0.4, -0.2) is 10.1 Å². The second kappa shape index (κ2) is 5.60. The van der Waals surface area contributed by atoms with E-state index in [4.69, 9.17) is 0 Å². The number of aromatic hydroxyl groups is 1. The molecule has 0 saturated carbocycles. The van der Waals surface area contributed by atoms with Crippen LogP contribution in [0, 0.1) is 6.92 Å². The predicted molar refractivity (Wildman–Crippen MR) is 63.0 cm³/mol. The van der Waals surface area contributed by atoms with Crippen LogP contribution < -0.4 is 0 Å². The quantitative estimate of drug-likeness (QED) is 0.851. The summed E-state index contributed by atoms with van der Waals surface area (Å²) in [6.07, 6.45) is 0.771. The van der Waals surface area contributed by atoms with Crippen LogP contribution in [-0.2, 0) is 11.8 Å². The third-order valence-corrected chi connectivity index (χ3v) is 2.35. The smallest absolute Gasteiger partial charge is 0.141 e. The molecule has 0 bridgehead atoms. The molecule has 0 aromatic carbocycles. The summed E-state index contributed by atoms with van der Waals surface area (Å²) in [4.78, 5) is 4.23. The third-order valence-electron chi connectivity index (χ3n) is 1.75. The monoisotopic (exact) mass is 309 g/mol. The Hall–Kier alpha value is -0.0900. The lowest BCUT2D eigenvalue weighted by Crippen LogP contribution is -1.94. The maximum absolute atomic E-state index is 9.62. The second-order valence-electron chi connectivity index (χ2n) is 2.71. The Morgan fingerprint density at radius 3 is 2.62 bits per heavy atom. The minimum atomic E-state index is 0. The van der Waals surface area contributed by atoms with Crippen molar-refractivity contribution in [2.75, 3.05) is 0 Å². The predicted octanol–water partition coefficient (Wildman–Crippen LogP) is 3.13. The Morgan fingerprint density at radius 2 is 2.15 bits per heavy atom. The molecule has 1 heterocycles. The van der Waals surface area contributed by atoms with Crippen LogP contribution >= 0.6 is 32.9 Å². The van der Waals surface area contributed by atoms with Gasteiger partial charge in [0.1, 0.15) is 5.75 Å². The van der Waals surface area contributed by atoms with Gasteiger partial charge in [-0.25, -0.2) is 0 Å². The Balaban J connectivity index is 0.00000144. The van der Waals surface area contributed by atoms with Gasteiger partial charge in [-0.1, -0.05) is 22.9 Å². The van der Waals surface area contributed by atoms with Gasteiger partial charge in [-0.15, -0.1) is 17.0 Å². The maximum atomic E-state index is 9.62. The molecule has 13 heavy (non-hydrogen) atoms. The van der Waals surface area contributed by atoms with Crippen molar-refractivity contribution in [3.05, 3.63) is 23.0 Å². The topological polar surface area (TPSA) is 33.1 Å². The molecule has 74 valence electrons. The largest absolute Gasteiger partial charge is 0.506 e. The van der Waals surface area contributed by atoms with Gasteiger partial charge in [0, 0.05) is 16.6 Å². The molecule has 1 rings (SSSR count). The molecule has 0 fully saturated rings. The van der Waals surface area contributed by atoms with Crippen molar-refractivity contribution in [2.45, 2.75) is 25.6 Å². The van der Waals surface area contributed by atoms with Gasteiger partial charge in [-0.3, -0.25) is 4.98 Å². The molecule has 1 aromatic rings. The van der Waals surface area contributed by atoms with Gasteiger partial charge in [0.05, 0.1) is 5.69 Å². The van der Waals surface area contributed by atoms with Crippen molar-refractivity contribution in [3.8, 4) is 5.75 Å². The lowest BCUT2D eigenvalue weighted by Gasteiger charge is -2.06. The highest BCUT2D eigenvalue weighted by atomic mass is 79.9. The highest BCUT2D eigenvalue weighted by Gasteiger charge is 2.06. The number of rotatable bonds is 2. The molecule has 2 nitrogen and oxygen atoms in total. The Kier molecular flexibility index (Phi) is 5.56. The van der Waals surface area contributed by atoms with E-state index in [2.05, 4.69) is 20.9 Å². The Bertz CT molecular complexity index is 264. The first-order chi connectivity index (χ1) is 5.69. The molecule has 4 heteroatoms. The first-order valence-corrected chi connectivity index (χ1v) is 5.05. The van der Waals surface area contributed by atoms with Gasteiger partial charge in [-0.05, 0) is 19.4 Å². The summed E-state index contributed by atoms with van der Waals surface area (Å²) >= 11 is 3.32. The zero-order valence-corrected chi connectivity index (χ0v) is 11.0. The molecule has 0 saturated heterocycles. The Morgan fingerprint density at radius 1 is 1.54 bits per heavy atom. The molecular weight excluding hydrogens is 298 g/mol. The van der Waals surface area contributed by atoms with Crippen LogP contribution in [0.15, 0.2) is 6.07 Å². The van der Waals surface area contributed by atoms with Crippen molar-refractivity contribution < 1.29 is 5.11 Å². The minimum Gasteiger partial charge on any atom is -0.506 e. The van der Waals surface area contributed by atoms with E-state index >= 15 is 0 Å². The molecule has 0 radical (unpaired) electrons. The summed E-state index contributed by atoms with van der Waals surface area (Å²) in [6, 6.07) is 1.89.